The molecule has 2 aliphatic heterocycles. The number of aryl methyl sites for hydroxylation is 1. The number of nitrogens with one attached hydrogen (secondary N) is 1. The van der Waals surface area contributed by atoms with E-state index in [1.54, 1.807) is 13.0 Å². The lowest BCUT2D eigenvalue weighted by molar-refractivity contribution is 0.102. The highest BCUT2D eigenvalue weighted by molar-refractivity contribution is 7.89. The van der Waals surface area contributed by atoms with E-state index in [2.05, 4.69) is 27.2 Å². The molecule has 0 aromatic carbocycles. The van der Waals surface area contributed by atoms with E-state index in [0.29, 0.717) is 29.9 Å². The number of nitriles is 1. The van der Waals surface area contributed by atoms with Crippen molar-refractivity contribution in [1.82, 2.24) is 9.97 Å². The molecule has 3 atom stereocenters. The highest BCUT2D eigenvalue weighted by Crippen LogP contribution is 2.36. The summed E-state index contributed by atoms with van der Waals surface area (Å²) >= 11 is 0. The molecule has 3 N–H and O–H groups in total. The molecule has 0 saturated heterocycles. The van der Waals surface area contributed by atoms with Crippen molar-refractivity contribution in [2.75, 3.05) is 24.8 Å². The lowest BCUT2D eigenvalue weighted by atomic mass is 10.0. The van der Waals surface area contributed by atoms with Crippen LogP contribution in [-0.4, -0.2) is 45.9 Å². The van der Waals surface area contributed by atoms with Crippen LogP contribution >= 0.6 is 0 Å². The van der Waals surface area contributed by atoms with Crippen LogP contribution in [0.4, 0.5) is 14.6 Å². The molecule has 4 rings (SSSR count). The molecule has 2 aromatic heterocycles. The Hall–Kier alpha value is -3.26. The number of hydrogen-bond donors (Lipinski definition) is 2. The number of pyridine rings is 2. The van der Waals surface area contributed by atoms with Crippen molar-refractivity contribution in [3.05, 3.63) is 52.7 Å². The van der Waals surface area contributed by atoms with Gasteiger partial charge in [-0.25, -0.2) is 14.4 Å². The molecule has 4 heterocycles. The summed E-state index contributed by atoms with van der Waals surface area (Å²) in [6.07, 6.45) is 3.22. The van der Waals surface area contributed by atoms with Crippen molar-refractivity contribution in [3.8, 4) is 6.07 Å². The molecule has 0 radical (unpaired) electrons. The fourth-order valence-electron chi connectivity index (χ4n) is 3.78. The SMILES string of the molecule is CF.Cc1cc(C#N)cnc1C(=O)Nc1ccc(F)c(C2C[S@]3=NCCC[C@]3(C)C(N)=N2)n1. The maximum atomic E-state index is 14.7. The first kappa shape index (κ1) is 24.4. The lowest BCUT2D eigenvalue weighted by Crippen LogP contribution is -2.51. The second kappa shape index (κ2) is 10.1. The van der Waals surface area contributed by atoms with Gasteiger partial charge in [-0.2, -0.15) is 5.26 Å². The molecule has 0 spiro atoms. The van der Waals surface area contributed by atoms with E-state index in [9.17, 15) is 13.6 Å². The number of carbonyl (C=O) groups is 1. The Morgan fingerprint density at radius 3 is 2.85 bits per heavy atom. The van der Waals surface area contributed by atoms with Gasteiger partial charge in [0.05, 0.1) is 17.5 Å². The third kappa shape index (κ3) is 4.90. The normalized spacial score (nSPS) is 23.6. The molecule has 0 fully saturated rings. The largest absolute Gasteiger partial charge is 0.386 e. The number of carbonyl (C=O) groups excluding carboxylic acids is 1. The number of aromatic nitrogens is 2. The minimum Gasteiger partial charge on any atom is -0.386 e. The minimum absolute atomic E-state index is 0.139. The summed E-state index contributed by atoms with van der Waals surface area (Å²) in [6, 6.07) is 5.66. The second-order valence-electron chi connectivity index (χ2n) is 7.77. The van der Waals surface area contributed by atoms with Crippen LogP contribution in [0.15, 0.2) is 33.8 Å². The molecular formula is C22H25F2N7OS. The van der Waals surface area contributed by atoms with Crippen LogP contribution in [0.2, 0.25) is 0 Å². The standard InChI is InChI=1S/C21H22FN7OS.CH3F/c1-12-8-13(9-23)10-25-17(12)19(30)29-16-5-4-14(22)18(28-16)15-11-31-21(2,20(24)27-15)6-3-7-26-31;1-2/h4-5,8,10,15H,3,6-7,11H2,1-2H3,(H2,24,27)(H,28,29,30);1H3/t15?,21-,31-;/m1./s1. The number of alkyl halides is 1. The van der Waals surface area contributed by atoms with Crippen molar-refractivity contribution < 1.29 is 13.6 Å². The molecule has 0 bridgehead atoms. The Morgan fingerprint density at radius 1 is 1.39 bits per heavy atom. The van der Waals surface area contributed by atoms with Crippen molar-refractivity contribution in [3.63, 3.8) is 0 Å². The van der Waals surface area contributed by atoms with E-state index in [1.807, 2.05) is 6.07 Å². The Balaban J connectivity index is 0.00000149. The predicted octanol–water partition coefficient (Wildman–Crippen LogP) is 3.40. The van der Waals surface area contributed by atoms with Crippen LogP contribution < -0.4 is 11.1 Å². The van der Waals surface area contributed by atoms with Gasteiger partial charge in [0.15, 0.2) is 0 Å². The third-order valence-electron chi connectivity index (χ3n) is 5.58. The number of fused-ring (bicyclic) bond motifs is 1. The zero-order valence-electron chi connectivity index (χ0n) is 18.6. The first-order chi connectivity index (χ1) is 15.8. The molecule has 0 saturated carbocycles. The summed E-state index contributed by atoms with van der Waals surface area (Å²) in [6.45, 7) is 4.54. The summed E-state index contributed by atoms with van der Waals surface area (Å²) in [7, 11) is 0.148. The number of hydrogen-bond acceptors (Lipinski definition) is 7. The second-order valence-corrected chi connectivity index (χ2v) is 9.99. The maximum absolute atomic E-state index is 14.7. The number of anilines is 1. The van der Waals surface area contributed by atoms with Gasteiger partial charge in [0.25, 0.3) is 5.91 Å². The van der Waals surface area contributed by atoms with Crippen LogP contribution in [0.25, 0.3) is 0 Å². The van der Waals surface area contributed by atoms with E-state index < -0.39 is 17.8 Å². The number of aliphatic imine (C=N–C) groups is 1. The smallest absolute Gasteiger partial charge is 0.275 e. The topological polar surface area (TPSA) is 129 Å². The zero-order chi connectivity index (χ0) is 24.2. The Morgan fingerprint density at radius 2 is 2.15 bits per heavy atom. The average molecular weight is 474 g/mol. The van der Waals surface area contributed by atoms with Gasteiger partial charge in [0, 0.05) is 18.5 Å². The van der Waals surface area contributed by atoms with Gasteiger partial charge in [-0.15, -0.1) is 0 Å². The van der Waals surface area contributed by atoms with Gasteiger partial charge in [0.1, 0.15) is 41.0 Å². The van der Waals surface area contributed by atoms with Crippen molar-refractivity contribution in [2.45, 2.75) is 37.5 Å². The van der Waals surface area contributed by atoms with Crippen LogP contribution in [-0.2, 0) is 10.7 Å². The van der Waals surface area contributed by atoms with Crippen molar-refractivity contribution in [2.24, 2.45) is 15.1 Å². The number of amides is 1. The monoisotopic (exact) mass is 473 g/mol. The van der Waals surface area contributed by atoms with E-state index >= 15 is 0 Å². The molecule has 174 valence electrons. The fourth-order valence-corrected chi connectivity index (χ4v) is 6.09. The van der Waals surface area contributed by atoms with Crippen LogP contribution in [0.1, 0.15) is 53.1 Å². The summed E-state index contributed by atoms with van der Waals surface area (Å²) in [5.74, 6) is 0.239. The first-order valence-corrected chi connectivity index (χ1v) is 11.6. The molecule has 1 unspecified atom stereocenters. The predicted molar refractivity (Wildman–Crippen MR) is 124 cm³/mol. The lowest BCUT2D eigenvalue weighted by Gasteiger charge is -2.39. The van der Waals surface area contributed by atoms with E-state index in [-0.39, 0.29) is 32.6 Å². The number of nitrogens with two attached hydrogens (primary N) is 1. The summed E-state index contributed by atoms with van der Waals surface area (Å²) in [5, 5.41) is 11.6. The molecule has 33 heavy (non-hydrogen) atoms. The Kier molecular flexibility index (Phi) is 7.48. The van der Waals surface area contributed by atoms with Crippen molar-refractivity contribution in [1.29, 1.82) is 5.26 Å². The molecule has 1 amide bonds. The average Bonchev–Trinajstić information content (AvgIpc) is 2.82. The zero-order valence-corrected chi connectivity index (χ0v) is 19.4. The van der Waals surface area contributed by atoms with Gasteiger partial charge in [-0.3, -0.25) is 18.5 Å². The minimum atomic E-state index is -0.551. The highest BCUT2D eigenvalue weighted by Gasteiger charge is 2.41. The first-order valence-electron chi connectivity index (χ1n) is 10.3. The van der Waals surface area contributed by atoms with Crippen LogP contribution in [0.5, 0.6) is 0 Å². The number of rotatable bonds is 3. The fraction of sp³-hybridized carbons (Fsp3) is 0.409. The number of halogens is 2. The van der Waals surface area contributed by atoms with Gasteiger partial charge < -0.3 is 11.1 Å². The maximum Gasteiger partial charge on any atom is 0.275 e. The van der Waals surface area contributed by atoms with E-state index in [0.717, 1.165) is 19.4 Å². The molecule has 8 nitrogen and oxygen atoms in total. The van der Waals surface area contributed by atoms with Gasteiger partial charge in [-0.1, -0.05) is 10.7 Å². The molecule has 2 aliphatic rings. The quantitative estimate of drug-likeness (QED) is 0.706. The highest BCUT2D eigenvalue weighted by atomic mass is 32.2. The van der Waals surface area contributed by atoms with Gasteiger partial charge >= 0.3 is 0 Å². The third-order valence-corrected chi connectivity index (χ3v) is 8.16. The van der Waals surface area contributed by atoms with Crippen molar-refractivity contribution >= 4 is 28.3 Å². The Bertz CT molecular complexity index is 1180. The summed E-state index contributed by atoms with van der Waals surface area (Å²) in [5.41, 5.74) is 7.52. The van der Waals surface area contributed by atoms with Crippen LogP contribution in [0.3, 0.4) is 0 Å². The molecule has 0 aliphatic carbocycles. The van der Waals surface area contributed by atoms with E-state index in [1.165, 1.54) is 18.3 Å². The molecular weight excluding hydrogens is 448 g/mol. The Labute approximate surface area is 193 Å². The summed E-state index contributed by atoms with van der Waals surface area (Å²) < 4.78 is 28.6. The summed E-state index contributed by atoms with van der Waals surface area (Å²) in [4.78, 5) is 25.6. The van der Waals surface area contributed by atoms with E-state index in [4.69, 9.17) is 15.4 Å². The number of nitrogens with zero attached hydrogens (tertiary/aromatic N) is 5. The van der Waals surface area contributed by atoms with Crippen LogP contribution in [0, 0.1) is 24.1 Å². The molecule has 2 aromatic rings. The van der Waals surface area contributed by atoms with Gasteiger partial charge in [-0.05, 0) is 50.5 Å². The van der Waals surface area contributed by atoms with Gasteiger partial charge in [0.2, 0.25) is 0 Å². The number of amidine groups is 1. The molecule has 11 heteroatoms.